The summed E-state index contributed by atoms with van der Waals surface area (Å²) in [5.74, 6) is -1.52. The largest absolute Gasteiger partial charge is 0.504 e. The number of rotatable bonds is 8. The normalized spacial score (nSPS) is 13.8. The van der Waals surface area contributed by atoms with Gasteiger partial charge in [-0.15, -0.1) is 5.10 Å². The van der Waals surface area contributed by atoms with Gasteiger partial charge in [-0.2, -0.15) is 22.7 Å². The summed E-state index contributed by atoms with van der Waals surface area (Å²) in [5, 5.41) is 17.0. The molecule has 3 aromatic heterocycles. The molecule has 0 spiro atoms. The number of hydrogen-bond donors (Lipinski definition) is 2. The van der Waals surface area contributed by atoms with Gasteiger partial charge in [0.2, 0.25) is 11.7 Å². The molecule has 15 nitrogen and oxygen atoms in total. The molecular weight excluding hydrogens is 743 g/mol. The Balaban J connectivity index is 1.39. The molecule has 0 atom stereocenters. The molecule has 1 saturated heterocycles. The lowest BCUT2D eigenvalue weighted by Crippen LogP contribution is -2.51. The van der Waals surface area contributed by atoms with Gasteiger partial charge in [0.1, 0.15) is 18.6 Å². The topological polar surface area (TPSA) is 185 Å². The highest BCUT2D eigenvalue weighted by molar-refractivity contribution is 7.90. The van der Waals surface area contributed by atoms with Gasteiger partial charge in [0, 0.05) is 38.0 Å². The molecule has 1 aliphatic heterocycles. The van der Waals surface area contributed by atoms with E-state index < -0.39 is 45.5 Å². The first-order valence-electron chi connectivity index (χ1n) is 16.0. The van der Waals surface area contributed by atoms with Gasteiger partial charge in [-0.25, -0.2) is 18.4 Å². The Morgan fingerprint density at radius 2 is 1.72 bits per heavy atom. The molecule has 6 rings (SSSR count). The lowest BCUT2D eigenvalue weighted by atomic mass is 10.2. The maximum atomic E-state index is 14.2. The molecule has 1 fully saturated rings. The minimum absolute atomic E-state index is 0.0325. The summed E-state index contributed by atoms with van der Waals surface area (Å²) in [4.78, 5) is 56.7. The number of hydrogen-bond acceptors (Lipinski definition) is 11. The molecule has 20 heteroatoms. The van der Waals surface area contributed by atoms with Crippen molar-refractivity contribution in [1.29, 1.82) is 0 Å². The fourth-order valence-corrected chi connectivity index (χ4v) is 6.79. The first-order chi connectivity index (χ1) is 25.0. The number of alkyl halides is 3. The number of nitrogens with one attached hydrogen (secondary N) is 1. The Morgan fingerprint density at radius 1 is 1.04 bits per heavy atom. The van der Waals surface area contributed by atoms with Gasteiger partial charge in [-0.05, 0) is 55.8 Å². The summed E-state index contributed by atoms with van der Waals surface area (Å²) in [6.45, 7) is 3.47. The van der Waals surface area contributed by atoms with Crippen LogP contribution in [0.25, 0.3) is 17.2 Å². The van der Waals surface area contributed by atoms with E-state index in [0.29, 0.717) is 17.3 Å². The first-order valence-corrected chi connectivity index (χ1v) is 18.3. The van der Waals surface area contributed by atoms with E-state index in [-0.39, 0.29) is 82.6 Å². The quantitative estimate of drug-likeness (QED) is 0.235. The fraction of sp³-hybridized carbons (Fsp3) is 0.303. The van der Waals surface area contributed by atoms with Crippen LogP contribution < -0.4 is 15.8 Å². The minimum atomic E-state index is -4.65. The molecule has 2 aromatic carbocycles. The van der Waals surface area contributed by atoms with Crippen LogP contribution in [0.2, 0.25) is 5.02 Å². The standard InChI is InChI=1S/C33H31ClF3N9O6S/c1-4-24-27(43-11-13-44(14-12-43)30(49)26-28(48)18(2)38-17-39-26)31(50)46-32(41-29(42-46)19-5-8-21(9-6-19)53(3,51)52)45(24)16-25(47)40-23-10-7-20(15-22(23)34)33(35,36)37/h5-10,15,17,48H,4,11-14,16H2,1-3H3,(H,40,47). The molecule has 0 saturated carbocycles. The summed E-state index contributed by atoms with van der Waals surface area (Å²) < 4.78 is 66.2. The van der Waals surface area contributed by atoms with Crippen LogP contribution in [0.3, 0.4) is 0 Å². The molecule has 4 heterocycles. The maximum absolute atomic E-state index is 14.2. The van der Waals surface area contributed by atoms with Crippen LogP contribution in [0, 0.1) is 6.92 Å². The molecule has 2 amide bonds. The van der Waals surface area contributed by atoms with Crippen molar-refractivity contribution in [2.45, 2.75) is 37.9 Å². The van der Waals surface area contributed by atoms with E-state index in [1.54, 1.807) is 11.8 Å². The predicted molar refractivity (Wildman–Crippen MR) is 187 cm³/mol. The lowest BCUT2D eigenvalue weighted by molar-refractivity contribution is -0.137. The monoisotopic (exact) mass is 773 g/mol. The number of carbonyl (C=O) groups is 2. The van der Waals surface area contributed by atoms with Crippen LogP contribution in [0.1, 0.15) is 34.4 Å². The van der Waals surface area contributed by atoms with E-state index in [2.05, 4.69) is 25.4 Å². The number of anilines is 2. The van der Waals surface area contributed by atoms with Crippen molar-refractivity contribution in [3.05, 3.63) is 86.8 Å². The van der Waals surface area contributed by atoms with Crippen molar-refractivity contribution in [2.24, 2.45) is 0 Å². The van der Waals surface area contributed by atoms with Crippen LogP contribution in [-0.2, 0) is 33.8 Å². The summed E-state index contributed by atoms with van der Waals surface area (Å²) in [6.07, 6.45) is -2.19. The number of fused-ring (bicyclic) bond motifs is 1. The van der Waals surface area contributed by atoms with Gasteiger partial charge in [-0.3, -0.25) is 14.4 Å². The van der Waals surface area contributed by atoms with Gasteiger partial charge in [0.25, 0.3) is 11.5 Å². The Labute approximate surface area is 304 Å². The van der Waals surface area contributed by atoms with Crippen molar-refractivity contribution < 1.29 is 36.3 Å². The van der Waals surface area contributed by atoms with E-state index in [9.17, 15) is 41.1 Å². The highest BCUT2D eigenvalue weighted by atomic mass is 35.5. The highest BCUT2D eigenvalue weighted by Crippen LogP contribution is 2.34. The Kier molecular flexibility index (Phi) is 9.90. The second-order valence-corrected chi connectivity index (χ2v) is 14.6. The minimum Gasteiger partial charge on any atom is -0.504 e. The van der Waals surface area contributed by atoms with E-state index in [1.807, 2.05) is 0 Å². The Hall–Kier alpha value is -5.56. The zero-order valence-electron chi connectivity index (χ0n) is 28.3. The maximum Gasteiger partial charge on any atom is 0.416 e. The van der Waals surface area contributed by atoms with Gasteiger partial charge in [0.15, 0.2) is 27.1 Å². The average Bonchev–Trinajstić information content (AvgIpc) is 3.57. The smallest absolute Gasteiger partial charge is 0.416 e. The molecule has 1 aliphatic rings. The number of piperazine rings is 1. The van der Waals surface area contributed by atoms with E-state index in [0.717, 1.165) is 22.9 Å². The molecule has 278 valence electrons. The average molecular weight is 774 g/mol. The van der Waals surface area contributed by atoms with Crippen LogP contribution in [0.15, 0.2) is 58.5 Å². The number of aryl methyl sites for hydroxylation is 1. The molecule has 53 heavy (non-hydrogen) atoms. The summed E-state index contributed by atoms with van der Waals surface area (Å²) in [7, 11) is -3.51. The number of benzene rings is 2. The third kappa shape index (κ3) is 7.39. The van der Waals surface area contributed by atoms with Gasteiger partial charge < -0.3 is 24.8 Å². The zero-order chi connectivity index (χ0) is 38.4. The fourth-order valence-electron chi connectivity index (χ4n) is 5.94. The number of carbonyl (C=O) groups excluding carboxylic acids is 2. The van der Waals surface area contributed by atoms with Crippen LogP contribution in [-0.4, -0.2) is 91.8 Å². The van der Waals surface area contributed by atoms with E-state index in [1.165, 1.54) is 47.0 Å². The molecule has 0 unspecified atom stereocenters. The second-order valence-electron chi connectivity index (χ2n) is 12.2. The summed E-state index contributed by atoms with van der Waals surface area (Å²) in [5.41, 5.74) is -0.610. The lowest BCUT2D eigenvalue weighted by Gasteiger charge is -2.36. The SMILES string of the molecule is CCc1c(N2CCN(C(=O)c3ncnc(C)c3O)CC2)c(=O)n2nc(-c3ccc(S(C)(=O)=O)cc3)nc2n1CC(=O)Nc1ccc(C(F)(F)F)cc1Cl. The molecule has 0 aliphatic carbocycles. The van der Waals surface area contributed by atoms with Gasteiger partial charge in [-0.1, -0.05) is 18.5 Å². The first kappa shape index (κ1) is 37.2. The van der Waals surface area contributed by atoms with Crippen molar-refractivity contribution in [2.75, 3.05) is 42.7 Å². The number of aromatic hydroxyl groups is 1. The number of halogens is 4. The molecule has 2 N–H and O–H groups in total. The third-order valence-corrected chi connectivity index (χ3v) is 10.1. The molecule has 5 aromatic rings. The zero-order valence-corrected chi connectivity index (χ0v) is 29.9. The predicted octanol–water partition coefficient (Wildman–Crippen LogP) is 3.60. The van der Waals surface area contributed by atoms with E-state index in [4.69, 9.17) is 11.6 Å². The van der Waals surface area contributed by atoms with Gasteiger partial charge >= 0.3 is 6.18 Å². The Bertz CT molecular complexity index is 2430. The number of aromatic nitrogens is 6. The van der Waals surface area contributed by atoms with Gasteiger partial charge in [0.05, 0.1) is 32.6 Å². The molecular formula is C33H31ClF3N9O6S. The molecule has 0 radical (unpaired) electrons. The van der Waals surface area contributed by atoms with Crippen molar-refractivity contribution in [1.82, 2.24) is 34.0 Å². The number of amides is 2. The van der Waals surface area contributed by atoms with Crippen LogP contribution in [0.4, 0.5) is 24.5 Å². The number of sulfone groups is 1. The van der Waals surface area contributed by atoms with Crippen molar-refractivity contribution >= 4 is 50.4 Å². The Morgan fingerprint density at radius 3 is 2.32 bits per heavy atom. The third-order valence-electron chi connectivity index (χ3n) is 8.66. The highest BCUT2D eigenvalue weighted by Gasteiger charge is 2.32. The van der Waals surface area contributed by atoms with Crippen molar-refractivity contribution in [3.8, 4) is 17.1 Å². The van der Waals surface area contributed by atoms with Crippen LogP contribution in [0.5, 0.6) is 5.75 Å². The summed E-state index contributed by atoms with van der Waals surface area (Å²) in [6, 6.07) is 8.22. The van der Waals surface area contributed by atoms with E-state index >= 15 is 0 Å². The second kappa shape index (κ2) is 14.1. The van der Waals surface area contributed by atoms with Crippen molar-refractivity contribution in [3.63, 3.8) is 0 Å². The number of nitrogens with zero attached hydrogens (tertiary/aromatic N) is 8. The summed E-state index contributed by atoms with van der Waals surface area (Å²) >= 11 is 6.10. The van der Waals surface area contributed by atoms with Crippen LogP contribution >= 0.6 is 11.6 Å². The molecule has 0 bridgehead atoms.